The summed E-state index contributed by atoms with van der Waals surface area (Å²) in [6.45, 7) is 11.3. The number of hydrogen-bond donors (Lipinski definition) is 1. The molecule has 19 heavy (non-hydrogen) atoms. The van der Waals surface area contributed by atoms with E-state index >= 15 is 0 Å². The average Bonchev–Trinajstić information content (AvgIpc) is 2.80. The number of nitrogens with two attached hydrogens (primary N) is 1. The molecule has 2 atom stereocenters. The molecule has 1 aromatic rings. The third kappa shape index (κ3) is 7.09. The van der Waals surface area contributed by atoms with E-state index in [1.807, 2.05) is 11.3 Å². The van der Waals surface area contributed by atoms with E-state index in [9.17, 15) is 0 Å². The molecule has 2 nitrogen and oxygen atoms in total. The maximum atomic E-state index is 5.81. The molecule has 1 aromatic heterocycles. The Labute approximate surface area is 123 Å². The van der Waals surface area contributed by atoms with E-state index in [1.165, 1.54) is 24.3 Å². The molecule has 0 aliphatic carbocycles. The summed E-state index contributed by atoms with van der Waals surface area (Å²) in [7, 11) is 0. The van der Waals surface area contributed by atoms with E-state index < -0.39 is 0 Å². The van der Waals surface area contributed by atoms with Crippen LogP contribution in [-0.2, 0) is 6.54 Å². The lowest BCUT2D eigenvalue weighted by atomic mass is 10.0. The summed E-state index contributed by atoms with van der Waals surface area (Å²) in [5.74, 6) is 0.751. The zero-order valence-corrected chi connectivity index (χ0v) is 13.7. The van der Waals surface area contributed by atoms with Crippen molar-refractivity contribution in [2.75, 3.05) is 6.54 Å². The van der Waals surface area contributed by atoms with Crippen LogP contribution in [0.1, 0.15) is 51.8 Å². The minimum Gasteiger partial charge on any atom is -0.328 e. The quantitative estimate of drug-likeness (QED) is 0.738. The molecule has 2 unspecified atom stereocenters. The Morgan fingerprint density at radius 2 is 1.95 bits per heavy atom. The third-order valence-corrected chi connectivity index (χ3v) is 4.43. The van der Waals surface area contributed by atoms with Gasteiger partial charge in [0, 0.05) is 30.1 Å². The molecule has 0 amide bonds. The molecule has 110 valence electrons. The van der Waals surface area contributed by atoms with Crippen molar-refractivity contribution in [3.05, 3.63) is 22.4 Å². The molecule has 0 spiro atoms. The summed E-state index contributed by atoms with van der Waals surface area (Å²) >= 11 is 1.86. The first kappa shape index (κ1) is 16.7. The molecule has 0 aliphatic rings. The van der Waals surface area contributed by atoms with Gasteiger partial charge in [-0.05, 0) is 51.0 Å². The fourth-order valence-electron chi connectivity index (χ4n) is 2.34. The van der Waals surface area contributed by atoms with Gasteiger partial charge in [0.05, 0.1) is 0 Å². The Hall–Kier alpha value is -0.380. The number of nitrogens with zero attached hydrogens (tertiary/aromatic N) is 1. The summed E-state index contributed by atoms with van der Waals surface area (Å²) in [6.07, 6.45) is 3.69. The number of hydrogen-bond acceptors (Lipinski definition) is 3. The molecule has 0 aliphatic heterocycles. The minimum atomic E-state index is 0.347. The highest BCUT2D eigenvalue weighted by molar-refractivity contribution is 7.09. The molecule has 0 radical (unpaired) electrons. The van der Waals surface area contributed by atoms with Crippen LogP contribution in [-0.4, -0.2) is 23.5 Å². The Bertz CT molecular complexity index is 319. The first-order valence-corrected chi connectivity index (χ1v) is 8.39. The van der Waals surface area contributed by atoms with E-state index in [2.05, 4.69) is 50.1 Å². The molecule has 0 bridgehead atoms. The Balaban J connectivity index is 2.36. The van der Waals surface area contributed by atoms with Crippen molar-refractivity contribution in [1.82, 2.24) is 4.90 Å². The van der Waals surface area contributed by atoms with Gasteiger partial charge < -0.3 is 5.73 Å². The van der Waals surface area contributed by atoms with E-state index in [-0.39, 0.29) is 0 Å². The van der Waals surface area contributed by atoms with Crippen LogP contribution >= 0.6 is 11.3 Å². The summed E-state index contributed by atoms with van der Waals surface area (Å²) in [5.41, 5.74) is 5.81. The first-order chi connectivity index (χ1) is 8.99. The van der Waals surface area contributed by atoms with Crippen LogP contribution in [0.4, 0.5) is 0 Å². The summed E-state index contributed by atoms with van der Waals surface area (Å²) in [5, 5.41) is 2.17. The van der Waals surface area contributed by atoms with Gasteiger partial charge in [0.1, 0.15) is 0 Å². The van der Waals surface area contributed by atoms with Gasteiger partial charge in [-0.25, -0.2) is 0 Å². The minimum absolute atomic E-state index is 0.347. The van der Waals surface area contributed by atoms with Crippen LogP contribution < -0.4 is 5.73 Å². The standard InChI is InChI=1S/C16H30N2S/c1-13(2)18(12-16-9-6-10-19-16)11-14(3)7-5-8-15(4)17/h6,9-10,13-15H,5,7-8,11-12,17H2,1-4H3. The molecule has 0 fully saturated rings. The van der Waals surface area contributed by atoms with E-state index in [1.54, 1.807) is 0 Å². The average molecular weight is 282 g/mol. The fourth-order valence-corrected chi connectivity index (χ4v) is 3.07. The van der Waals surface area contributed by atoms with Gasteiger partial charge >= 0.3 is 0 Å². The lowest BCUT2D eigenvalue weighted by Crippen LogP contribution is -2.34. The largest absolute Gasteiger partial charge is 0.328 e. The van der Waals surface area contributed by atoms with Gasteiger partial charge in [0.2, 0.25) is 0 Å². The molecule has 0 aromatic carbocycles. The maximum Gasteiger partial charge on any atom is 0.0330 e. The Morgan fingerprint density at radius 3 is 2.47 bits per heavy atom. The van der Waals surface area contributed by atoms with Crippen LogP contribution in [0.5, 0.6) is 0 Å². The second kappa shape index (κ2) is 8.72. The van der Waals surface area contributed by atoms with Gasteiger partial charge in [-0.3, -0.25) is 4.90 Å². The van der Waals surface area contributed by atoms with E-state index in [0.29, 0.717) is 12.1 Å². The van der Waals surface area contributed by atoms with Crippen LogP contribution in [0, 0.1) is 5.92 Å². The second-order valence-corrected chi connectivity index (χ2v) is 7.15. The molecule has 1 heterocycles. The third-order valence-electron chi connectivity index (χ3n) is 3.57. The van der Waals surface area contributed by atoms with Gasteiger partial charge in [-0.2, -0.15) is 0 Å². The van der Waals surface area contributed by atoms with Crippen molar-refractivity contribution < 1.29 is 0 Å². The van der Waals surface area contributed by atoms with Crippen molar-refractivity contribution >= 4 is 11.3 Å². The molecule has 0 saturated carbocycles. The van der Waals surface area contributed by atoms with Crippen molar-refractivity contribution in [3.8, 4) is 0 Å². The van der Waals surface area contributed by atoms with Crippen molar-refractivity contribution in [1.29, 1.82) is 0 Å². The summed E-state index contributed by atoms with van der Waals surface area (Å²) < 4.78 is 0. The molecule has 3 heteroatoms. The molecule has 0 saturated heterocycles. The van der Waals surface area contributed by atoms with Gasteiger partial charge in [0.25, 0.3) is 0 Å². The zero-order chi connectivity index (χ0) is 14.3. The molecule has 2 N–H and O–H groups in total. The van der Waals surface area contributed by atoms with Gasteiger partial charge in [0.15, 0.2) is 0 Å². The number of rotatable bonds is 9. The van der Waals surface area contributed by atoms with Crippen molar-refractivity contribution in [2.45, 2.75) is 65.6 Å². The molecular formula is C16H30N2S. The molecule has 1 rings (SSSR count). The monoisotopic (exact) mass is 282 g/mol. The van der Waals surface area contributed by atoms with Gasteiger partial charge in [-0.1, -0.05) is 19.4 Å². The van der Waals surface area contributed by atoms with Gasteiger partial charge in [-0.15, -0.1) is 11.3 Å². The lowest BCUT2D eigenvalue weighted by Gasteiger charge is -2.29. The van der Waals surface area contributed by atoms with Crippen molar-refractivity contribution in [2.24, 2.45) is 11.7 Å². The zero-order valence-electron chi connectivity index (χ0n) is 12.9. The fraction of sp³-hybridized carbons (Fsp3) is 0.750. The predicted octanol–water partition coefficient (Wildman–Crippen LogP) is 4.11. The smallest absolute Gasteiger partial charge is 0.0330 e. The van der Waals surface area contributed by atoms with Crippen LogP contribution in [0.2, 0.25) is 0 Å². The second-order valence-electron chi connectivity index (χ2n) is 6.12. The SMILES string of the molecule is CC(N)CCCC(C)CN(Cc1cccs1)C(C)C. The van der Waals surface area contributed by atoms with E-state index in [0.717, 1.165) is 18.9 Å². The van der Waals surface area contributed by atoms with Crippen LogP contribution in [0.15, 0.2) is 17.5 Å². The van der Waals surface area contributed by atoms with Crippen LogP contribution in [0.3, 0.4) is 0 Å². The maximum absolute atomic E-state index is 5.81. The Morgan fingerprint density at radius 1 is 1.21 bits per heavy atom. The van der Waals surface area contributed by atoms with Crippen molar-refractivity contribution in [3.63, 3.8) is 0 Å². The first-order valence-electron chi connectivity index (χ1n) is 7.51. The highest BCUT2D eigenvalue weighted by Crippen LogP contribution is 2.17. The number of thiophene rings is 1. The summed E-state index contributed by atoms with van der Waals surface area (Å²) in [4.78, 5) is 4.05. The normalized spacial score (nSPS) is 15.1. The Kier molecular flexibility index (Phi) is 7.66. The highest BCUT2D eigenvalue weighted by Gasteiger charge is 2.14. The summed E-state index contributed by atoms with van der Waals surface area (Å²) in [6, 6.07) is 5.34. The lowest BCUT2D eigenvalue weighted by molar-refractivity contribution is 0.180. The predicted molar refractivity (Wildman–Crippen MR) is 86.5 cm³/mol. The molecular weight excluding hydrogens is 252 g/mol. The van der Waals surface area contributed by atoms with Crippen LogP contribution in [0.25, 0.3) is 0 Å². The van der Waals surface area contributed by atoms with E-state index in [4.69, 9.17) is 5.73 Å². The topological polar surface area (TPSA) is 29.3 Å². The highest BCUT2D eigenvalue weighted by atomic mass is 32.1.